The van der Waals surface area contributed by atoms with Crippen LogP contribution < -0.4 is 0 Å². The van der Waals surface area contributed by atoms with Gasteiger partial charge in [0.05, 0.1) is 30.8 Å². The van der Waals surface area contributed by atoms with Crippen molar-refractivity contribution < 1.29 is 79.2 Å². The van der Waals surface area contributed by atoms with Crippen molar-refractivity contribution in [1.82, 2.24) is 0 Å². The minimum atomic E-state index is -1.75. The maximum atomic E-state index is 13.1. The van der Waals surface area contributed by atoms with Gasteiger partial charge in [0.2, 0.25) is 0 Å². The Kier molecular flexibility index (Phi) is 12.8. The van der Waals surface area contributed by atoms with Crippen LogP contribution in [0.2, 0.25) is 0 Å². The Balaban J connectivity index is 1.04. The Labute approximate surface area is 371 Å². The number of ether oxygens (including phenoxy) is 6. The first-order valence-corrected chi connectivity index (χ1v) is 23.6. The van der Waals surface area contributed by atoms with Gasteiger partial charge in [0.15, 0.2) is 18.9 Å². The van der Waals surface area contributed by atoms with E-state index in [1.54, 1.807) is 0 Å². The van der Waals surface area contributed by atoms with Gasteiger partial charge in [0.1, 0.15) is 61.0 Å². The third-order valence-electron chi connectivity index (χ3n) is 19.0. The second-order valence-electron chi connectivity index (χ2n) is 23.0. The van der Waals surface area contributed by atoms with Gasteiger partial charge in [0, 0.05) is 0 Å². The summed E-state index contributed by atoms with van der Waals surface area (Å²) in [6, 6.07) is 0. The average Bonchev–Trinajstić information content (AvgIpc) is 3.22. The zero-order valence-electron chi connectivity index (χ0n) is 38.3. The SMILES string of the molecule is C[C@@H]1O[C@@H](O[C@H]2[C@H](OC3CC[C@]4(C)[C@H]5CC=C6[C@@H]7CC(C)(C)CC[C@]7(C(=O)O)CC[C@@]6(C)[C@]5(C)CC[C@H]4C3(C)C)OC[C@H](O[C@H]3O[C@H](CO)[C@@H](O)[C@H](O)[C@H]3O)[C@@H]2O)[C@H](O)[C@H](O)[C@H]1O. The fourth-order valence-corrected chi connectivity index (χ4v) is 14.8. The number of hydrogen-bond donors (Lipinski definition) is 9. The molecule has 0 radical (unpaired) electrons. The lowest BCUT2D eigenvalue weighted by molar-refractivity contribution is -0.380. The Morgan fingerprint density at radius 1 is 0.714 bits per heavy atom. The highest BCUT2D eigenvalue weighted by molar-refractivity contribution is 5.76. The summed E-state index contributed by atoms with van der Waals surface area (Å²) in [6.45, 7) is 17.0. The molecule has 7 fully saturated rings. The molecule has 1 unspecified atom stereocenters. The van der Waals surface area contributed by atoms with Crippen molar-refractivity contribution in [1.29, 1.82) is 0 Å². The topological polar surface area (TPSA) is 255 Å². The first kappa shape index (κ1) is 48.1. The van der Waals surface area contributed by atoms with Gasteiger partial charge in [0.25, 0.3) is 0 Å². The summed E-state index contributed by atoms with van der Waals surface area (Å²) in [7, 11) is 0. The predicted octanol–water partition coefficient (Wildman–Crippen LogP) is 2.37. The smallest absolute Gasteiger partial charge is 0.310 e. The number of hydrogen-bond acceptors (Lipinski definition) is 15. The summed E-state index contributed by atoms with van der Waals surface area (Å²) in [5.41, 5.74) is 0.113. The molecule has 16 nitrogen and oxygen atoms in total. The fourth-order valence-electron chi connectivity index (χ4n) is 14.8. The largest absolute Gasteiger partial charge is 0.481 e. The molecule has 22 atom stereocenters. The van der Waals surface area contributed by atoms with Crippen molar-refractivity contribution in [3.05, 3.63) is 11.6 Å². The molecule has 63 heavy (non-hydrogen) atoms. The van der Waals surface area contributed by atoms with E-state index in [2.05, 4.69) is 54.5 Å². The number of allylic oxidation sites excluding steroid dienone is 2. The molecule has 3 aliphatic heterocycles. The predicted molar refractivity (Wildman–Crippen MR) is 223 cm³/mol. The van der Waals surface area contributed by atoms with Crippen LogP contribution in [0.4, 0.5) is 0 Å². The van der Waals surface area contributed by atoms with Crippen molar-refractivity contribution in [2.45, 2.75) is 212 Å². The highest BCUT2D eigenvalue weighted by Gasteiger charge is 2.70. The van der Waals surface area contributed by atoms with Crippen LogP contribution in [0, 0.1) is 50.2 Å². The van der Waals surface area contributed by atoms with Crippen LogP contribution in [0.25, 0.3) is 0 Å². The van der Waals surface area contributed by atoms with Crippen LogP contribution >= 0.6 is 0 Å². The number of carbonyl (C=O) groups is 1. The molecule has 3 saturated heterocycles. The van der Waals surface area contributed by atoms with Crippen molar-refractivity contribution in [3.8, 4) is 0 Å². The summed E-state index contributed by atoms with van der Waals surface area (Å²) in [5.74, 6) is -0.0288. The summed E-state index contributed by atoms with van der Waals surface area (Å²) < 4.78 is 36.7. The normalized spacial score (nSPS) is 54.1. The molecule has 0 aromatic carbocycles. The highest BCUT2D eigenvalue weighted by Crippen LogP contribution is 2.76. The summed E-state index contributed by atoms with van der Waals surface area (Å²) in [4.78, 5) is 13.1. The Bertz CT molecular complexity index is 1720. The van der Waals surface area contributed by atoms with Crippen LogP contribution in [0.5, 0.6) is 0 Å². The monoisotopic (exact) mass is 897 g/mol. The van der Waals surface area contributed by atoms with Crippen LogP contribution in [0.15, 0.2) is 11.6 Å². The van der Waals surface area contributed by atoms with Gasteiger partial charge in [-0.25, -0.2) is 0 Å². The molecule has 0 bridgehead atoms. The van der Waals surface area contributed by atoms with Crippen LogP contribution in [0.1, 0.15) is 120 Å². The number of carboxylic acid groups (broad SMARTS) is 1. The Hall–Kier alpha value is -1.35. The van der Waals surface area contributed by atoms with Gasteiger partial charge in [-0.2, -0.15) is 0 Å². The second kappa shape index (κ2) is 16.7. The standard InChI is InChI=1S/C47H76O16/c1-22-30(49)33(52)35(54)38(59-22)63-37-32(51)26(61-39-36(55)34(53)31(50)25(20-48)60-39)21-58-40(37)62-29-12-13-44(6)27(43(29,4)5)11-14-46(8)28(44)10-9-23-24-19-42(2,3)15-17-47(24,41(56)57)18-16-45(23,46)7/h9,22,24-40,48-55H,10-21H2,1-8H3,(H,56,57)/t22-,24-,25+,26-,27-,28+,29?,30-,31+,32-,33+,34-,35+,36+,37+,38-,39+,40-,44-,45+,46+,47-/m0/s1. The molecular weight excluding hydrogens is 821 g/mol. The molecular formula is C47H76O16. The third kappa shape index (κ3) is 7.51. The molecule has 8 rings (SSSR count). The van der Waals surface area contributed by atoms with Crippen LogP contribution in [-0.2, 0) is 33.2 Å². The van der Waals surface area contributed by atoms with Crippen molar-refractivity contribution in [3.63, 3.8) is 0 Å². The molecule has 0 spiro atoms. The second-order valence-corrected chi connectivity index (χ2v) is 23.0. The van der Waals surface area contributed by atoms with Gasteiger partial charge in [-0.15, -0.1) is 0 Å². The van der Waals surface area contributed by atoms with E-state index in [1.807, 2.05) is 0 Å². The molecule has 16 heteroatoms. The van der Waals surface area contributed by atoms with Gasteiger partial charge >= 0.3 is 5.97 Å². The zero-order valence-corrected chi connectivity index (χ0v) is 38.3. The fraction of sp³-hybridized carbons (Fsp3) is 0.936. The lowest BCUT2D eigenvalue weighted by atomic mass is 9.33. The summed E-state index contributed by atoms with van der Waals surface area (Å²) in [5, 5.41) is 96.0. The van der Waals surface area contributed by atoms with E-state index in [0.29, 0.717) is 18.8 Å². The van der Waals surface area contributed by atoms with Gasteiger partial charge < -0.3 is 74.4 Å². The number of aliphatic carboxylic acids is 1. The molecule has 3 heterocycles. The van der Waals surface area contributed by atoms with Crippen molar-refractivity contribution >= 4 is 5.97 Å². The first-order valence-electron chi connectivity index (χ1n) is 23.6. The molecule has 5 aliphatic carbocycles. The van der Waals surface area contributed by atoms with E-state index >= 15 is 0 Å². The minimum absolute atomic E-state index is 0.0289. The summed E-state index contributed by atoms with van der Waals surface area (Å²) in [6.07, 6.45) is -10.1. The third-order valence-corrected chi connectivity index (χ3v) is 19.0. The van der Waals surface area contributed by atoms with E-state index in [1.165, 1.54) is 12.5 Å². The number of aliphatic hydroxyl groups is 8. The molecule has 9 N–H and O–H groups in total. The van der Waals surface area contributed by atoms with E-state index in [-0.39, 0.29) is 46.2 Å². The van der Waals surface area contributed by atoms with Crippen LogP contribution in [-0.4, -0.2) is 157 Å². The average molecular weight is 897 g/mol. The lowest BCUT2D eigenvalue weighted by Crippen LogP contribution is -2.66. The zero-order chi connectivity index (χ0) is 46.0. The Morgan fingerprint density at radius 2 is 1.37 bits per heavy atom. The number of carboxylic acids is 1. The van der Waals surface area contributed by atoms with E-state index in [4.69, 9.17) is 28.4 Å². The maximum absolute atomic E-state index is 13.1. The van der Waals surface area contributed by atoms with Gasteiger partial charge in [-0.05, 0) is 116 Å². The first-order chi connectivity index (χ1) is 29.4. The molecule has 4 saturated carbocycles. The number of fused-ring (bicyclic) bond motifs is 7. The maximum Gasteiger partial charge on any atom is 0.310 e. The van der Waals surface area contributed by atoms with Gasteiger partial charge in [-0.3, -0.25) is 4.79 Å². The lowest BCUT2D eigenvalue weighted by Gasteiger charge is -2.71. The van der Waals surface area contributed by atoms with Gasteiger partial charge in [-0.1, -0.05) is 60.1 Å². The Morgan fingerprint density at radius 3 is 2.03 bits per heavy atom. The summed E-state index contributed by atoms with van der Waals surface area (Å²) >= 11 is 0. The van der Waals surface area contributed by atoms with E-state index < -0.39 is 109 Å². The number of rotatable bonds is 8. The highest BCUT2D eigenvalue weighted by atomic mass is 16.8. The molecule has 0 aromatic rings. The molecule has 8 aliphatic rings. The molecule has 0 aromatic heterocycles. The van der Waals surface area contributed by atoms with Crippen LogP contribution in [0.3, 0.4) is 0 Å². The van der Waals surface area contributed by atoms with Crippen molar-refractivity contribution in [2.75, 3.05) is 13.2 Å². The molecule has 360 valence electrons. The van der Waals surface area contributed by atoms with Crippen molar-refractivity contribution in [2.24, 2.45) is 50.2 Å². The molecule has 0 amide bonds. The number of aliphatic hydroxyl groups excluding tert-OH is 8. The quantitative estimate of drug-likeness (QED) is 0.125. The van der Waals surface area contributed by atoms with E-state index in [0.717, 1.165) is 51.4 Å². The minimum Gasteiger partial charge on any atom is -0.481 e. The van der Waals surface area contributed by atoms with E-state index in [9.17, 15) is 50.8 Å².